The van der Waals surface area contributed by atoms with Crippen LogP contribution in [0, 0.1) is 18.3 Å². The summed E-state index contributed by atoms with van der Waals surface area (Å²) in [5.74, 6) is 0. The highest BCUT2D eigenvalue weighted by Crippen LogP contribution is 2.21. The number of nitrogens with two attached hydrogens (primary N) is 1. The molecule has 2 aromatic rings. The molecule has 1 unspecified atom stereocenters. The van der Waals surface area contributed by atoms with E-state index in [9.17, 15) is 5.26 Å². The Morgan fingerprint density at radius 3 is 2.61 bits per heavy atom. The van der Waals surface area contributed by atoms with Crippen molar-refractivity contribution in [1.29, 1.82) is 5.26 Å². The first-order valence-electron chi connectivity index (χ1n) is 5.50. The van der Waals surface area contributed by atoms with Gasteiger partial charge in [0.05, 0.1) is 23.3 Å². The summed E-state index contributed by atoms with van der Waals surface area (Å²) < 4.78 is 1.61. The monoisotopic (exact) mass is 260 g/mol. The van der Waals surface area contributed by atoms with Crippen molar-refractivity contribution in [2.45, 2.75) is 19.0 Å². The van der Waals surface area contributed by atoms with Gasteiger partial charge in [-0.3, -0.25) is 4.68 Å². The molecule has 0 aliphatic rings. The fourth-order valence-corrected chi connectivity index (χ4v) is 1.91. The van der Waals surface area contributed by atoms with Crippen molar-refractivity contribution in [3.63, 3.8) is 0 Å². The smallest absolute Gasteiger partial charge is 0.149 e. The Kier molecular flexibility index (Phi) is 3.37. The number of benzene rings is 1. The van der Waals surface area contributed by atoms with Crippen LogP contribution in [0.1, 0.15) is 11.3 Å². The van der Waals surface area contributed by atoms with E-state index in [0.717, 1.165) is 11.3 Å². The normalized spacial score (nSPS) is 13.9. The van der Waals surface area contributed by atoms with Crippen molar-refractivity contribution in [2.24, 2.45) is 5.73 Å². The molecular formula is C13H13ClN4. The van der Waals surface area contributed by atoms with E-state index in [1.807, 2.05) is 37.3 Å². The molecule has 1 aromatic carbocycles. The Morgan fingerprint density at radius 1 is 1.44 bits per heavy atom. The lowest BCUT2D eigenvalue weighted by molar-refractivity contribution is 0.440. The SMILES string of the molecule is Cc1nn(CC(N)(C#N)c2ccccc2)cc1Cl. The van der Waals surface area contributed by atoms with Gasteiger partial charge < -0.3 is 5.73 Å². The van der Waals surface area contributed by atoms with E-state index in [2.05, 4.69) is 11.2 Å². The molecule has 1 heterocycles. The summed E-state index contributed by atoms with van der Waals surface area (Å²) in [7, 11) is 0. The van der Waals surface area contributed by atoms with Gasteiger partial charge in [0, 0.05) is 6.20 Å². The fourth-order valence-electron chi connectivity index (χ4n) is 1.76. The average Bonchev–Trinajstić information content (AvgIpc) is 2.69. The van der Waals surface area contributed by atoms with Crippen LogP contribution in [-0.2, 0) is 12.1 Å². The Bertz CT molecular complexity index is 565. The second-order valence-electron chi connectivity index (χ2n) is 4.21. The van der Waals surface area contributed by atoms with Gasteiger partial charge in [0.1, 0.15) is 5.54 Å². The maximum absolute atomic E-state index is 9.33. The summed E-state index contributed by atoms with van der Waals surface area (Å²) in [6.07, 6.45) is 1.68. The van der Waals surface area contributed by atoms with Gasteiger partial charge in [-0.2, -0.15) is 10.4 Å². The van der Waals surface area contributed by atoms with Crippen molar-refractivity contribution >= 4 is 11.6 Å². The first-order chi connectivity index (χ1) is 8.55. The van der Waals surface area contributed by atoms with Crippen molar-refractivity contribution < 1.29 is 0 Å². The molecule has 0 aliphatic carbocycles. The lowest BCUT2D eigenvalue weighted by atomic mass is 9.93. The summed E-state index contributed by atoms with van der Waals surface area (Å²) in [5, 5.41) is 14.1. The van der Waals surface area contributed by atoms with E-state index in [1.165, 1.54) is 0 Å². The molecule has 0 saturated carbocycles. The van der Waals surface area contributed by atoms with Crippen LogP contribution in [0.5, 0.6) is 0 Å². The average molecular weight is 261 g/mol. The van der Waals surface area contributed by atoms with Gasteiger partial charge in [0.2, 0.25) is 0 Å². The summed E-state index contributed by atoms with van der Waals surface area (Å²) in [6.45, 7) is 2.08. The van der Waals surface area contributed by atoms with Gasteiger partial charge in [-0.25, -0.2) is 0 Å². The van der Waals surface area contributed by atoms with Crippen LogP contribution in [0.25, 0.3) is 0 Å². The van der Waals surface area contributed by atoms with Crippen LogP contribution in [0.4, 0.5) is 0 Å². The predicted octanol–water partition coefficient (Wildman–Crippen LogP) is 2.22. The molecule has 18 heavy (non-hydrogen) atoms. The molecule has 1 atom stereocenters. The van der Waals surface area contributed by atoms with E-state index in [4.69, 9.17) is 17.3 Å². The number of aromatic nitrogens is 2. The van der Waals surface area contributed by atoms with Gasteiger partial charge in [-0.1, -0.05) is 41.9 Å². The molecule has 0 aliphatic heterocycles. The number of rotatable bonds is 3. The third-order valence-corrected chi connectivity index (χ3v) is 3.16. The molecule has 1 aromatic heterocycles. The molecule has 92 valence electrons. The zero-order valence-electron chi connectivity index (χ0n) is 9.97. The molecule has 4 nitrogen and oxygen atoms in total. The van der Waals surface area contributed by atoms with Gasteiger partial charge in [0.25, 0.3) is 0 Å². The maximum Gasteiger partial charge on any atom is 0.149 e. The number of nitrogens with zero attached hydrogens (tertiary/aromatic N) is 3. The van der Waals surface area contributed by atoms with Crippen molar-refractivity contribution in [3.8, 4) is 6.07 Å². The zero-order valence-corrected chi connectivity index (χ0v) is 10.7. The summed E-state index contributed by atoms with van der Waals surface area (Å²) in [5.41, 5.74) is 6.52. The minimum atomic E-state index is -1.11. The third kappa shape index (κ3) is 2.37. The number of halogens is 1. The largest absolute Gasteiger partial charge is 0.308 e. The number of aryl methyl sites for hydroxylation is 1. The highest BCUT2D eigenvalue weighted by molar-refractivity contribution is 6.31. The first kappa shape index (κ1) is 12.6. The van der Waals surface area contributed by atoms with E-state index in [-0.39, 0.29) is 6.54 Å². The Hall–Kier alpha value is -1.83. The van der Waals surface area contributed by atoms with Crippen LogP contribution in [0.3, 0.4) is 0 Å². The van der Waals surface area contributed by atoms with Gasteiger partial charge in [0.15, 0.2) is 0 Å². The fraction of sp³-hybridized carbons (Fsp3) is 0.231. The molecule has 5 heteroatoms. The van der Waals surface area contributed by atoms with Gasteiger partial charge in [-0.15, -0.1) is 0 Å². The predicted molar refractivity (Wildman–Crippen MR) is 69.9 cm³/mol. The molecule has 0 saturated heterocycles. The van der Waals surface area contributed by atoms with Gasteiger partial charge in [-0.05, 0) is 12.5 Å². The molecule has 0 bridgehead atoms. The van der Waals surface area contributed by atoms with Crippen LogP contribution in [0.2, 0.25) is 5.02 Å². The minimum absolute atomic E-state index is 0.265. The van der Waals surface area contributed by atoms with Crippen LogP contribution in [0.15, 0.2) is 36.5 Å². The van der Waals surface area contributed by atoms with Crippen molar-refractivity contribution in [3.05, 3.63) is 52.8 Å². The standard InChI is InChI=1S/C13H13ClN4/c1-10-12(14)7-18(17-10)9-13(16,8-15)11-5-3-2-4-6-11/h2-7H,9,16H2,1H3. The number of nitriles is 1. The molecular weight excluding hydrogens is 248 g/mol. The van der Waals surface area contributed by atoms with E-state index in [0.29, 0.717) is 5.02 Å². The summed E-state index contributed by atoms with van der Waals surface area (Å²) in [6, 6.07) is 11.4. The number of hydrogen-bond donors (Lipinski definition) is 1. The molecule has 0 amide bonds. The van der Waals surface area contributed by atoms with E-state index < -0.39 is 5.54 Å². The molecule has 0 spiro atoms. The minimum Gasteiger partial charge on any atom is -0.308 e. The summed E-state index contributed by atoms with van der Waals surface area (Å²) >= 11 is 5.94. The van der Waals surface area contributed by atoms with Crippen LogP contribution in [-0.4, -0.2) is 9.78 Å². The molecule has 0 radical (unpaired) electrons. The quantitative estimate of drug-likeness (QED) is 0.920. The Labute approximate surface area is 111 Å². The highest BCUT2D eigenvalue weighted by atomic mass is 35.5. The molecule has 0 fully saturated rings. The Balaban J connectivity index is 2.32. The first-order valence-corrected chi connectivity index (χ1v) is 5.88. The topological polar surface area (TPSA) is 67.6 Å². The second kappa shape index (κ2) is 4.81. The second-order valence-corrected chi connectivity index (χ2v) is 4.62. The van der Waals surface area contributed by atoms with Crippen molar-refractivity contribution in [2.75, 3.05) is 0 Å². The van der Waals surface area contributed by atoms with Gasteiger partial charge >= 0.3 is 0 Å². The zero-order chi connectivity index (χ0) is 13.2. The number of hydrogen-bond acceptors (Lipinski definition) is 3. The van der Waals surface area contributed by atoms with Crippen LogP contribution >= 0.6 is 11.6 Å². The lowest BCUT2D eigenvalue weighted by Gasteiger charge is -2.21. The van der Waals surface area contributed by atoms with Crippen molar-refractivity contribution in [1.82, 2.24) is 9.78 Å². The lowest BCUT2D eigenvalue weighted by Crippen LogP contribution is -2.39. The molecule has 2 rings (SSSR count). The summed E-state index contributed by atoms with van der Waals surface area (Å²) in [4.78, 5) is 0. The highest BCUT2D eigenvalue weighted by Gasteiger charge is 2.28. The van der Waals surface area contributed by atoms with Crippen LogP contribution < -0.4 is 5.73 Å². The van der Waals surface area contributed by atoms with E-state index in [1.54, 1.807) is 10.9 Å². The third-order valence-electron chi connectivity index (χ3n) is 2.79. The van der Waals surface area contributed by atoms with E-state index >= 15 is 0 Å². The maximum atomic E-state index is 9.33. The molecule has 2 N–H and O–H groups in total. The Morgan fingerprint density at radius 2 is 2.11 bits per heavy atom.